The van der Waals surface area contributed by atoms with Crippen LogP contribution in [0.4, 0.5) is 5.69 Å². The molecule has 0 unspecified atom stereocenters. The van der Waals surface area contributed by atoms with E-state index in [0.717, 1.165) is 15.5 Å². The van der Waals surface area contributed by atoms with Crippen LogP contribution in [0.3, 0.4) is 0 Å². The molecule has 0 aliphatic rings. The SMILES string of the molecule is C=CCN(CC=C)C(=O)/C(C#N)=C\Nc1ccccc1Sc1ccccc1. The lowest BCUT2D eigenvalue weighted by atomic mass is 10.2. The second-order valence-corrected chi connectivity index (χ2v) is 6.63. The predicted octanol–water partition coefficient (Wildman–Crippen LogP) is 4.86. The zero-order valence-corrected chi connectivity index (χ0v) is 15.8. The van der Waals surface area contributed by atoms with Gasteiger partial charge in [0.15, 0.2) is 0 Å². The fourth-order valence-electron chi connectivity index (χ4n) is 2.30. The van der Waals surface area contributed by atoms with E-state index in [2.05, 4.69) is 18.5 Å². The first-order valence-electron chi connectivity index (χ1n) is 8.39. The molecule has 0 radical (unpaired) electrons. The molecule has 0 saturated heterocycles. The molecule has 4 nitrogen and oxygen atoms in total. The summed E-state index contributed by atoms with van der Waals surface area (Å²) < 4.78 is 0. The maximum atomic E-state index is 12.5. The Morgan fingerprint density at radius 2 is 1.70 bits per heavy atom. The van der Waals surface area contributed by atoms with Crippen LogP contribution in [0.15, 0.2) is 101 Å². The van der Waals surface area contributed by atoms with Gasteiger partial charge in [0.25, 0.3) is 5.91 Å². The monoisotopic (exact) mass is 375 g/mol. The number of carbonyl (C=O) groups excluding carboxylic acids is 1. The molecule has 2 aromatic rings. The first-order chi connectivity index (χ1) is 13.2. The molecule has 27 heavy (non-hydrogen) atoms. The van der Waals surface area contributed by atoms with Gasteiger partial charge in [-0.3, -0.25) is 4.79 Å². The molecule has 0 aromatic heterocycles. The minimum absolute atomic E-state index is 0.0261. The Morgan fingerprint density at radius 3 is 2.33 bits per heavy atom. The summed E-state index contributed by atoms with van der Waals surface area (Å²) in [5.74, 6) is -0.363. The third kappa shape index (κ3) is 5.91. The van der Waals surface area contributed by atoms with Crippen molar-refractivity contribution in [2.75, 3.05) is 18.4 Å². The Kier molecular flexibility index (Phi) is 7.95. The Morgan fingerprint density at radius 1 is 1.07 bits per heavy atom. The number of nitrogens with zero attached hydrogens (tertiary/aromatic N) is 2. The minimum Gasteiger partial charge on any atom is -0.359 e. The van der Waals surface area contributed by atoms with Crippen LogP contribution in [0.5, 0.6) is 0 Å². The number of nitriles is 1. The van der Waals surface area contributed by atoms with Crippen LogP contribution in [-0.4, -0.2) is 23.9 Å². The van der Waals surface area contributed by atoms with Crippen molar-refractivity contribution in [1.82, 2.24) is 4.90 Å². The summed E-state index contributed by atoms with van der Waals surface area (Å²) in [7, 11) is 0. The van der Waals surface area contributed by atoms with Crippen LogP contribution < -0.4 is 5.32 Å². The summed E-state index contributed by atoms with van der Waals surface area (Å²) >= 11 is 1.61. The van der Waals surface area contributed by atoms with Crippen LogP contribution in [0.25, 0.3) is 0 Å². The predicted molar refractivity (Wildman–Crippen MR) is 111 cm³/mol. The molecule has 2 aromatic carbocycles. The second-order valence-electron chi connectivity index (χ2n) is 5.51. The van der Waals surface area contributed by atoms with Crippen molar-refractivity contribution < 1.29 is 4.79 Å². The first kappa shape index (κ1) is 20.1. The van der Waals surface area contributed by atoms with Gasteiger partial charge in [0.05, 0.1) is 5.69 Å². The number of amides is 1. The van der Waals surface area contributed by atoms with Crippen molar-refractivity contribution in [1.29, 1.82) is 5.26 Å². The van der Waals surface area contributed by atoms with Crippen molar-refractivity contribution in [3.05, 3.63) is 91.7 Å². The summed E-state index contributed by atoms with van der Waals surface area (Å²) in [6.45, 7) is 8.00. The van der Waals surface area contributed by atoms with E-state index in [4.69, 9.17) is 0 Å². The third-order valence-electron chi connectivity index (χ3n) is 3.57. The summed E-state index contributed by atoms with van der Waals surface area (Å²) in [6.07, 6.45) is 4.69. The van der Waals surface area contributed by atoms with Gasteiger partial charge in [-0.1, -0.05) is 54.2 Å². The topological polar surface area (TPSA) is 56.1 Å². The molecule has 0 atom stereocenters. The van der Waals surface area contributed by atoms with Gasteiger partial charge in [0.1, 0.15) is 11.6 Å². The molecule has 0 saturated carbocycles. The summed E-state index contributed by atoms with van der Waals surface area (Å²) in [5.41, 5.74) is 0.851. The average molecular weight is 375 g/mol. The van der Waals surface area contributed by atoms with E-state index in [1.165, 1.54) is 11.1 Å². The largest absolute Gasteiger partial charge is 0.359 e. The van der Waals surface area contributed by atoms with E-state index >= 15 is 0 Å². The summed E-state index contributed by atoms with van der Waals surface area (Å²) in [6, 6.07) is 19.7. The smallest absolute Gasteiger partial charge is 0.266 e. The maximum absolute atomic E-state index is 12.5. The standard InChI is InChI=1S/C22H21N3OS/c1-3-14-25(15-4-2)22(26)18(16-23)17-24-20-12-8-9-13-21(20)27-19-10-6-5-7-11-19/h3-13,17,24H,1-2,14-15H2/b18-17-. The Labute approximate surface area is 164 Å². The molecular formula is C22H21N3OS. The molecule has 5 heteroatoms. The lowest BCUT2D eigenvalue weighted by molar-refractivity contribution is -0.125. The number of nitrogens with one attached hydrogen (secondary N) is 1. The van der Waals surface area contributed by atoms with Crippen molar-refractivity contribution >= 4 is 23.4 Å². The first-order valence-corrected chi connectivity index (χ1v) is 9.21. The van der Waals surface area contributed by atoms with E-state index < -0.39 is 0 Å². The van der Waals surface area contributed by atoms with Crippen LogP contribution in [0.2, 0.25) is 0 Å². The Hall–Kier alpha value is -3.23. The number of hydrogen-bond acceptors (Lipinski definition) is 4. The number of hydrogen-bond donors (Lipinski definition) is 1. The van der Waals surface area contributed by atoms with E-state index in [1.54, 1.807) is 23.9 Å². The molecule has 0 aliphatic heterocycles. The number of anilines is 1. The van der Waals surface area contributed by atoms with E-state index in [1.807, 2.05) is 60.7 Å². The highest BCUT2D eigenvalue weighted by Crippen LogP contribution is 2.33. The van der Waals surface area contributed by atoms with Crippen molar-refractivity contribution in [3.8, 4) is 6.07 Å². The number of para-hydroxylation sites is 1. The van der Waals surface area contributed by atoms with Crippen molar-refractivity contribution in [3.63, 3.8) is 0 Å². The second kappa shape index (κ2) is 10.7. The molecule has 1 N–H and O–H groups in total. The minimum atomic E-state index is -0.363. The van der Waals surface area contributed by atoms with Gasteiger partial charge in [-0.25, -0.2) is 0 Å². The van der Waals surface area contributed by atoms with Crippen LogP contribution >= 0.6 is 11.8 Å². The zero-order valence-electron chi connectivity index (χ0n) is 15.0. The molecule has 0 fully saturated rings. The highest BCUT2D eigenvalue weighted by atomic mass is 32.2. The van der Waals surface area contributed by atoms with Crippen molar-refractivity contribution in [2.24, 2.45) is 0 Å². The Bertz CT molecular complexity index is 859. The van der Waals surface area contributed by atoms with E-state index in [0.29, 0.717) is 13.1 Å². The molecule has 0 bridgehead atoms. The quantitative estimate of drug-likeness (QED) is 0.386. The molecule has 1 amide bonds. The van der Waals surface area contributed by atoms with Crippen LogP contribution in [-0.2, 0) is 4.79 Å². The lowest BCUT2D eigenvalue weighted by Crippen LogP contribution is -2.32. The van der Waals surface area contributed by atoms with Gasteiger partial charge in [0.2, 0.25) is 0 Å². The normalized spacial score (nSPS) is 10.6. The van der Waals surface area contributed by atoms with Crippen LogP contribution in [0, 0.1) is 11.3 Å². The van der Waals surface area contributed by atoms with Crippen molar-refractivity contribution in [2.45, 2.75) is 9.79 Å². The molecule has 0 aliphatic carbocycles. The number of rotatable bonds is 9. The fraction of sp³-hybridized carbons (Fsp3) is 0.0909. The molecule has 0 heterocycles. The van der Waals surface area contributed by atoms with Crippen LogP contribution in [0.1, 0.15) is 0 Å². The maximum Gasteiger partial charge on any atom is 0.266 e. The van der Waals surface area contributed by atoms with Gasteiger partial charge in [-0.15, -0.1) is 13.2 Å². The van der Waals surface area contributed by atoms with Gasteiger partial charge in [0, 0.05) is 29.1 Å². The van der Waals surface area contributed by atoms with Gasteiger partial charge < -0.3 is 10.2 Å². The average Bonchev–Trinajstić information content (AvgIpc) is 2.70. The highest BCUT2D eigenvalue weighted by molar-refractivity contribution is 7.99. The highest BCUT2D eigenvalue weighted by Gasteiger charge is 2.16. The summed E-state index contributed by atoms with van der Waals surface area (Å²) in [4.78, 5) is 16.2. The molecule has 2 rings (SSSR count). The van der Waals surface area contributed by atoms with Gasteiger partial charge in [-0.2, -0.15) is 5.26 Å². The number of carbonyl (C=O) groups is 1. The molecule has 0 spiro atoms. The third-order valence-corrected chi connectivity index (χ3v) is 4.65. The van der Waals surface area contributed by atoms with E-state index in [9.17, 15) is 10.1 Å². The van der Waals surface area contributed by atoms with E-state index in [-0.39, 0.29) is 11.5 Å². The van der Waals surface area contributed by atoms with Gasteiger partial charge in [-0.05, 0) is 24.3 Å². The van der Waals surface area contributed by atoms with Gasteiger partial charge >= 0.3 is 0 Å². The lowest BCUT2D eigenvalue weighted by Gasteiger charge is -2.18. The summed E-state index contributed by atoms with van der Waals surface area (Å²) in [5, 5.41) is 12.5. The Balaban J connectivity index is 2.20. The fourth-order valence-corrected chi connectivity index (χ4v) is 3.24. The zero-order chi connectivity index (χ0) is 19.5. The number of benzene rings is 2. The molecular weight excluding hydrogens is 354 g/mol. The molecule has 136 valence electrons.